The third-order valence-electron chi connectivity index (χ3n) is 1.71. The van der Waals surface area contributed by atoms with E-state index in [1.165, 1.54) is 0 Å². The van der Waals surface area contributed by atoms with Gasteiger partial charge in [0, 0.05) is 4.47 Å². The Morgan fingerprint density at radius 3 is 3.00 bits per heavy atom. The van der Waals surface area contributed by atoms with Crippen molar-refractivity contribution in [3.63, 3.8) is 0 Å². The van der Waals surface area contributed by atoms with Gasteiger partial charge in [-0.3, -0.25) is 0 Å². The fourth-order valence-corrected chi connectivity index (χ4v) is 1.65. The molecule has 4 nitrogen and oxygen atoms in total. The molecule has 1 aromatic heterocycles. The average Bonchev–Trinajstić information content (AvgIpc) is 2.65. The molecule has 0 saturated heterocycles. The van der Waals surface area contributed by atoms with Gasteiger partial charge in [0.2, 0.25) is 0 Å². The lowest BCUT2D eigenvalue weighted by molar-refractivity contribution is 0.777. The first-order valence-corrected chi connectivity index (χ1v) is 5.23. The number of rotatable bonds is 2. The first kappa shape index (κ1) is 9.61. The first-order valence-electron chi connectivity index (χ1n) is 3.90. The van der Waals surface area contributed by atoms with E-state index in [2.05, 4.69) is 31.5 Å². The number of alkyl halides is 1. The van der Waals surface area contributed by atoms with E-state index in [4.69, 9.17) is 11.6 Å². The largest absolute Gasteiger partial charge is 0.196 e. The van der Waals surface area contributed by atoms with Crippen molar-refractivity contribution in [3.05, 3.63) is 34.6 Å². The van der Waals surface area contributed by atoms with Gasteiger partial charge in [0.25, 0.3) is 0 Å². The Morgan fingerprint density at radius 1 is 1.43 bits per heavy atom. The number of nitrogens with zero attached hydrogens (tertiary/aromatic N) is 4. The van der Waals surface area contributed by atoms with Crippen LogP contribution in [0.15, 0.2) is 28.7 Å². The molecule has 0 amide bonds. The lowest BCUT2D eigenvalue weighted by Gasteiger charge is -2.01. The molecule has 14 heavy (non-hydrogen) atoms. The summed E-state index contributed by atoms with van der Waals surface area (Å²) in [7, 11) is 0. The van der Waals surface area contributed by atoms with Crippen LogP contribution in [-0.4, -0.2) is 20.2 Å². The summed E-state index contributed by atoms with van der Waals surface area (Å²) < 4.78 is 2.59. The van der Waals surface area contributed by atoms with Crippen molar-refractivity contribution >= 4 is 27.5 Å². The maximum atomic E-state index is 5.69. The van der Waals surface area contributed by atoms with Crippen molar-refractivity contribution < 1.29 is 0 Å². The van der Waals surface area contributed by atoms with Gasteiger partial charge in [0.15, 0.2) is 5.82 Å². The van der Waals surface area contributed by atoms with Gasteiger partial charge in [-0.15, -0.1) is 16.7 Å². The number of aromatic nitrogens is 4. The maximum absolute atomic E-state index is 5.69. The predicted molar refractivity (Wildman–Crippen MR) is 56.4 cm³/mol. The summed E-state index contributed by atoms with van der Waals surface area (Å²) >= 11 is 9.07. The molecule has 0 atom stereocenters. The molecule has 0 fully saturated rings. The Balaban J connectivity index is 2.49. The molecular weight excluding hydrogens is 267 g/mol. The standard InChI is InChI=1S/C8H6BrClN4/c9-6-2-1-3-7(4-6)14-8(5-10)11-12-13-14/h1-4H,5H2. The van der Waals surface area contributed by atoms with Gasteiger partial charge >= 0.3 is 0 Å². The van der Waals surface area contributed by atoms with E-state index in [0.717, 1.165) is 10.2 Å². The minimum Gasteiger partial charge on any atom is -0.196 e. The molecule has 0 bridgehead atoms. The van der Waals surface area contributed by atoms with Crippen LogP contribution in [0.2, 0.25) is 0 Å². The first-order chi connectivity index (χ1) is 6.81. The summed E-state index contributed by atoms with van der Waals surface area (Å²) in [6.45, 7) is 0. The van der Waals surface area contributed by atoms with E-state index in [1.54, 1.807) is 4.68 Å². The number of benzene rings is 1. The van der Waals surface area contributed by atoms with Crippen LogP contribution in [0.5, 0.6) is 0 Å². The van der Waals surface area contributed by atoms with E-state index >= 15 is 0 Å². The highest BCUT2D eigenvalue weighted by atomic mass is 79.9. The molecule has 0 radical (unpaired) electrons. The third kappa shape index (κ3) is 1.78. The second-order valence-corrected chi connectivity index (χ2v) is 3.80. The second-order valence-electron chi connectivity index (χ2n) is 2.62. The molecule has 0 spiro atoms. The van der Waals surface area contributed by atoms with Gasteiger partial charge in [0.1, 0.15) is 0 Å². The Bertz CT molecular complexity index is 442. The topological polar surface area (TPSA) is 43.6 Å². The molecule has 0 N–H and O–H groups in total. The highest BCUT2D eigenvalue weighted by Gasteiger charge is 2.06. The zero-order valence-electron chi connectivity index (χ0n) is 7.06. The van der Waals surface area contributed by atoms with Crippen molar-refractivity contribution in [2.75, 3.05) is 0 Å². The molecule has 72 valence electrons. The molecule has 0 aliphatic rings. The predicted octanol–water partition coefficient (Wildman–Crippen LogP) is 2.16. The van der Waals surface area contributed by atoms with Gasteiger partial charge < -0.3 is 0 Å². The van der Waals surface area contributed by atoms with Crippen molar-refractivity contribution in [3.8, 4) is 5.69 Å². The Morgan fingerprint density at radius 2 is 2.29 bits per heavy atom. The van der Waals surface area contributed by atoms with Crippen molar-refractivity contribution in [2.24, 2.45) is 0 Å². The van der Waals surface area contributed by atoms with E-state index in [-0.39, 0.29) is 0 Å². The van der Waals surface area contributed by atoms with Crippen molar-refractivity contribution in [1.82, 2.24) is 20.2 Å². The zero-order valence-corrected chi connectivity index (χ0v) is 9.40. The van der Waals surface area contributed by atoms with Crippen LogP contribution in [0.4, 0.5) is 0 Å². The smallest absolute Gasteiger partial charge is 0.171 e. The number of hydrogen-bond acceptors (Lipinski definition) is 3. The summed E-state index contributed by atoms with van der Waals surface area (Å²) in [6.07, 6.45) is 0. The van der Waals surface area contributed by atoms with Gasteiger partial charge in [-0.25, -0.2) is 0 Å². The van der Waals surface area contributed by atoms with Crippen LogP contribution in [0.3, 0.4) is 0 Å². The van der Waals surface area contributed by atoms with E-state index in [9.17, 15) is 0 Å². The molecule has 0 unspecified atom stereocenters. The lowest BCUT2D eigenvalue weighted by Crippen LogP contribution is -2.01. The Kier molecular flexibility index (Phi) is 2.79. The second kappa shape index (κ2) is 4.06. The lowest BCUT2D eigenvalue weighted by atomic mass is 10.3. The average molecular weight is 274 g/mol. The van der Waals surface area contributed by atoms with Crippen LogP contribution in [0.25, 0.3) is 5.69 Å². The maximum Gasteiger partial charge on any atom is 0.171 e. The summed E-state index contributed by atoms with van der Waals surface area (Å²) in [4.78, 5) is 0. The molecule has 1 heterocycles. The van der Waals surface area contributed by atoms with Gasteiger partial charge in [-0.2, -0.15) is 4.68 Å². The Labute approximate surface area is 94.0 Å². The van der Waals surface area contributed by atoms with Gasteiger partial charge in [-0.1, -0.05) is 22.0 Å². The monoisotopic (exact) mass is 272 g/mol. The van der Waals surface area contributed by atoms with Crippen LogP contribution in [0, 0.1) is 0 Å². The highest BCUT2D eigenvalue weighted by molar-refractivity contribution is 9.10. The normalized spacial score (nSPS) is 10.4. The number of tetrazole rings is 1. The highest BCUT2D eigenvalue weighted by Crippen LogP contribution is 2.15. The Hall–Kier alpha value is -0.940. The van der Waals surface area contributed by atoms with Gasteiger partial charge in [0.05, 0.1) is 11.6 Å². The molecule has 0 saturated carbocycles. The van der Waals surface area contributed by atoms with Crippen LogP contribution in [0.1, 0.15) is 5.82 Å². The van der Waals surface area contributed by atoms with Crippen LogP contribution in [-0.2, 0) is 5.88 Å². The number of hydrogen-bond donors (Lipinski definition) is 0. The minimum absolute atomic E-state index is 0.291. The van der Waals surface area contributed by atoms with Crippen molar-refractivity contribution in [1.29, 1.82) is 0 Å². The van der Waals surface area contributed by atoms with Gasteiger partial charge in [-0.05, 0) is 28.6 Å². The molecule has 6 heteroatoms. The number of halogens is 2. The quantitative estimate of drug-likeness (QED) is 0.788. The summed E-state index contributed by atoms with van der Waals surface area (Å²) in [5, 5.41) is 11.2. The summed E-state index contributed by atoms with van der Waals surface area (Å²) in [5.74, 6) is 0.921. The molecule has 2 aromatic rings. The van der Waals surface area contributed by atoms with Crippen LogP contribution >= 0.6 is 27.5 Å². The fourth-order valence-electron chi connectivity index (χ4n) is 1.10. The van der Waals surface area contributed by atoms with Crippen LogP contribution < -0.4 is 0 Å². The summed E-state index contributed by atoms with van der Waals surface area (Å²) in [5.41, 5.74) is 0.889. The SMILES string of the molecule is ClCc1nnnn1-c1cccc(Br)c1. The van der Waals surface area contributed by atoms with Crippen molar-refractivity contribution in [2.45, 2.75) is 5.88 Å². The minimum atomic E-state index is 0.291. The van der Waals surface area contributed by atoms with E-state index in [0.29, 0.717) is 11.7 Å². The summed E-state index contributed by atoms with van der Waals surface area (Å²) in [6, 6.07) is 7.69. The molecule has 2 rings (SSSR count). The fraction of sp³-hybridized carbons (Fsp3) is 0.125. The zero-order chi connectivity index (χ0) is 9.97. The molecular formula is C8H6BrClN4. The molecule has 0 aliphatic carbocycles. The molecule has 1 aromatic carbocycles. The molecule has 0 aliphatic heterocycles. The third-order valence-corrected chi connectivity index (χ3v) is 2.44. The van der Waals surface area contributed by atoms with E-state index in [1.807, 2.05) is 24.3 Å². The van der Waals surface area contributed by atoms with E-state index < -0.39 is 0 Å².